The molecule has 1 rings (SSSR count). The van der Waals surface area contributed by atoms with Crippen LogP contribution in [0.25, 0.3) is 0 Å². The highest BCUT2D eigenvalue weighted by molar-refractivity contribution is 5.80. The molecular formula is C15H23NO5. The number of methoxy groups -OCH3 is 3. The van der Waals surface area contributed by atoms with E-state index in [2.05, 4.69) is 0 Å². The fourth-order valence-electron chi connectivity index (χ4n) is 1.99. The maximum Gasteiger partial charge on any atom is 0.326 e. The lowest BCUT2D eigenvalue weighted by Gasteiger charge is -2.24. The zero-order valence-corrected chi connectivity index (χ0v) is 13.2. The molecule has 0 heterocycles. The predicted molar refractivity (Wildman–Crippen MR) is 79.0 cm³/mol. The second-order valence-electron chi connectivity index (χ2n) is 4.83. The molecule has 0 radical (unpaired) electrons. The first-order chi connectivity index (χ1) is 9.89. The van der Waals surface area contributed by atoms with E-state index in [9.17, 15) is 4.79 Å². The summed E-state index contributed by atoms with van der Waals surface area (Å²) in [5, 5.41) is 0. The molecule has 6 heteroatoms. The van der Waals surface area contributed by atoms with Crippen molar-refractivity contribution in [3.05, 3.63) is 17.7 Å². The Labute approximate surface area is 125 Å². The molecule has 0 saturated heterocycles. The Hall–Kier alpha value is -1.95. The Morgan fingerprint density at radius 2 is 1.62 bits per heavy atom. The molecule has 0 fully saturated rings. The van der Waals surface area contributed by atoms with Gasteiger partial charge in [-0.25, -0.2) is 0 Å². The highest BCUT2D eigenvalue weighted by atomic mass is 16.5. The first-order valence-electron chi connectivity index (χ1n) is 6.64. The minimum atomic E-state index is -1.15. The van der Waals surface area contributed by atoms with E-state index in [4.69, 9.17) is 24.7 Å². The number of carbonyl (C=O) groups is 1. The molecule has 1 atom stereocenters. The van der Waals surface area contributed by atoms with Crippen molar-refractivity contribution in [3.63, 3.8) is 0 Å². The number of benzene rings is 1. The normalized spacial score (nSPS) is 13.2. The van der Waals surface area contributed by atoms with Crippen LogP contribution in [0.15, 0.2) is 12.1 Å². The van der Waals surface area contributed by atoms with Crippen LogP contribution >= 0.6 is 0 Å². The molecule has 0 bridgehead atoms. The summed E-state index contributed by atoms with van der Waals surface area (Å²) in [6, 6.07) is 3.46. The van der Waals surface area contributed by atoms with E-state index in [1.54, 1.807) is 47.3 Å². The number of hydrogen-bond acceptors (Lipinski definition) is 6. The van der Waals surface area contributed by atoms with Gasteiger partial charge in [0.25, 0.3) is 0 Å². The van der Waals surface area contributed by atoms with Gasteiger partial charge in [-0.1, -0.05) is 0 Å². The Balaban J connectivity index is 3.14. The van der Waals surface area contributed by atoms with Gasteiger partial charge in [0.1, 0.15) is 11.3 Å². The molecule has 1 aromatic carbocycles. The Morgan fingerprint density at radius 3 is 2.10 bits per heavy atom. The molecular weight excluding hydrogens is 274 g/mol. The lowest BCUT2D eigenvalue weighted by Crippen LogP contribution is -2.48. The maximum atomic E-state index is 11.9. The average Bonchev–Trinajstić information content (AvgIpc) is 2.46. The van der Waals surface area contributed by atoms with Crippen molar-refractivity contribution in [2.24, 2.45) is 5.73 Å². The zero-order valence-electron chi connectivity index (χ0n) is 13.2. The molecule has 0 aliphatic carbocycles. The molecule has 0 aliphatic heterocycles. The summed E-state index contributed by atoms with van der Waals surface area (Å²) in [5.41, 5.74) is 5.66. The number of ether oxygens (including phenoxy) is 4. The summed E-state index contributed by atoms with van der Waals surface area (Å²) >= 11 is 0. The van der Waals surface area contributed by atoms with Crippen LogP contribution in [0.2, 0.25) is 0 Å². The molecule has 1 aromatic rings. The smallest absolute Gasteiger partial charge is 0.326 e. The van der Waals surface area contributed by atoms with E-state index >= 15 is 0 Å². The second kappa shape index (κ2) is 7.17. The van der Waals surface area contributed by atoms with Crippen LogP contribution in [0.5, 0.6) is 17.2 Å². The van der Waals surface area contributed by atoms with Crippen LogP contribution in [0.1, 0.15) is 19.4 Å². The van der Waals surface area contributed by atoms with Crippen molar-refractivity contribution in [2.75, 3.05) is 27.9 Å². The quantitative estimate of drug-likeness (QED) is 0.769. The lowest BCUT2D eigenvalue weighted by molar-refractivity contribution is -0.148. The van der Waals surface area contributed by atoms with Crippen LogP contribution in [0.3, 0.4) is 0 Å². The Bertz CT molecular complexity index is 499. The molecule has 0 aromatic heterocycles. The number of esters is 1. The lowest BCUT2D eigenvalue weighted by atomic mass is 9.93. The fraction of sp³-hybridized carbons (Fsp3) is 0.533. The average molecular weight is 297 g/mol. The SMILES string of the molecule is CCOC(=O)[C@](C)(N)Cc1cc(OC)c(OC)cc1OC. The predicted octanol–water partition coefficient (Wildman–Crippen LogP) is 1.54. The minimum Gasteiger partial charge on any atom is -0.496 e. The maximum absolute atomic E-state index is 11.9. The third kappa shape index (κ3) is 4.01. The minimum absolute atomic E-state index is 0.259. The summed E-state index contributed by atoms with van der Waals surface area (Å²) in [5.74, 6) is 1.22. The third-order valence-corrected chi connectivity index (χ3v) is 3.09. The van der Waals surface area contributed by atoms with Gasteiger partial charge in [-0.15, -0.1) is 0 Å². The Morgan fingerprint density at radius 1 is 1.10 bits per heavy atom. The van der Waals surface area contributed by atoms with Crippen LogP contribution in [-0.4, -0.2) is 39.4 Å². The molecule has 0 saturated carbocycles. The molecule has 6 nitrogen and oxygen atoms in total. The van der Waals surface area contributed by atoms with Gasteiger partial charge in [0.15, 0.2) is 11.5 Å². The molecule has 118 valence electrons. The van der Waals surface area contributed by atoms with Crippen molar-refractivity contribution in [2.45, 2.75) is 25.8 Å². The van der Waals surface area contributed by atoms with Crippen molar-refractivity contribution >= 4 is 5.97 Å². The van der Waals surface area contributed by atoms with Gasteiger partial charge in [0, 0.05) is 18.1 Å². The standard InChI is InChI=1S/C15H23NO5/c1-6-21-14(17)15(2,16)9-10-7-12(19-4)13(20-5)8-11(10)18-3/h7-8H,6,9,16H2,1-5H3/t15-/m1/s1. The van der Waals surface area contributed by atoms with E-state index < -0.39 is 11.5 Å². The van der Waals surface area contributed by atoms with Crippen LogP contribution in [0.4, 0.5) is 0 Å². The Kier molecular flexibility index (Phi) is 5.84. The number of nitrogens with two attached hydrogens (primary N) is 1. The molecule has 0 spiro atoms. The van der Waals surface area contributed by atoms with Gasteiger partial charge in [-0.05, 0) is 19.9 Å². The van der Waals surface area contributed by atoms with E-state index in [-0.39, 0.29) is 13.0 Å². The van der Waals surface area contributed by atoms with Crippen LogP contribution in [-0.2, 0) is 16.0 Å². The zero-order chi connectivity index (χ0) is 16.0. The largest absolute Gasteiger partial charge is 0.496 e. The first kappa shape index (κ1) is 17.1. The van der Waals surface area contributed by atoms with Gasteiger partial charge in [-0.2, -0.15) is 0 Å². The van der Waals surface area contributed by atoms with E-state index in [0.717, 1.165) is 5.56 Å². The summed E-state index contributed by atoms with van der Waals surface area (Å²) < 4.78 is 20.8. The van der Waals surface area contributed by atoms with Gasteiger partial charge in [0.2, 0.25) is 0 Å². The summed E-state index contributed by atoms with van der Waals surface area (Å²) in [6.07, 6.45) is 0.259. The number of hydrogen-bond donors (Lipinski definition) is 1. The van der Waals surface area contributed by atoms with Crippen molar-refractivity contribution in [1.29, 1.82) is 0 Å². The van der Waals surface area contributed by atoms with Gasteiger partial charge >= 0.3 is 5.97 Å². The highest BCUT2D eigenvalue weighted by Crippen LogP contribution is 2.36. The molecule has 2 N–H and O–H groups in total. The van der Waals surface area contributed by atoms with E-state index in [1.165, 1.54) is 0 Å². The molecule has 21 heavy (non-hydrogen) atoms. The summed E-state index contributed by atoms with van der Waals surface area (Å²) in [6.45, 7) is 3.65. The first-order valence-corrected chi connectivity index (χ1v) is 6.64. The fourth-order valence-corrected chi connectivity index (χ4v) is 1.99. The topological polar surface area (TPSA) is 80.0 Å². The van der Waals surface area contributed by atoms with E-state index in [0.29, 0.717) is 17.2 Å². The molecule has 0 unspecified atom stereocenters. The van der Waals surface area contributed by atoms with Gasteiger partial charge in [0.05, 0.1) is 27.9 Å². The number of rotatable bonds is 7. The van der Waals surface area contributed by atoms with Crippen molar-refractivity contribution < 1.29 is 23.7 Å². The summed E-state index contributed by atoms with van der Waals surface area (Å²) in [7, 11) is 4.63. The van der Waals surface area contributed by atoms with Gasteiger partial charge < -0.3 is 24.7 Å². The van der Waals surface area contributed by atoms with Crippen LogP contribution in [0, 0.1) is 0 Å². The second-order valence-corrected chi connectivity index (χ2v) is 4.83. The molecule has 0 aliphatic rings. The highest BCUT2D eigenvalue weighted by Gasteiger charge is 2.32. The summed E-state index contributed by atoms with van der Waals surface area (Å²) in [4.78, 5) is 11.9. The van der Waals surface area contributed by atoms with Crippen molar-refractivity contribution in [3.8, 4) is 17.2 Å². The van der Waals surface area contributed by atoms with Crippen molar-refractivity contribution in [1.82, 2.24) is 0 Å². The number of carbonyl (C=O) groups excluding carboxylic acids is 1. The third-order valence-electron chi connectivity index (χ3n) is 3.09. The monoisotopic (exact) mass is 297 g/mol. The van der Waals surface area contributed by atoms with Crippen LogP contribution < -0.4 is 19.9 Å². The van der Waals surface area contributed by atoms with E-state index in [1.807, 2.05) is 0 Å². The molecule has 0 amide bonds. The van der Waals surface area contributed by atoms with Gasteiger partial charge in [-0.3, -0.25) is 4.79 Å².